The maximum Gasteiger partial charge on any atom is 0.491 e. The molecule has 1 aromatic heterocycles. The monoisotopic (exact) mass is 127 g/mol. The molecule has 46 valence electrons. The molecule has 0 unspecified atom stereocenters. The summed E-state index contributed by atoms with van der Waals surface area (Å²) >= 11 is 0. The van der Waals surface area contributed by atoms with Gasteiger partial charge in [-0.1, -0.05) is 0 Å². The summed E-state index contributed by atoms with van der Waals surface area (Å²) in [5.74, 6) is 0. The zero-order chi connectivity index (χ0) is 9.30. The molecular formula is C4H5BN2O2. The fourth-order valence-electron chi connectivity index (χ4n) is 0.336. The topological polar surface area (TPSA) is 66.2 Å². The first-order chi connectivity index (χ1) is 5.52. The number of hydrogen-bond donors (Lipinski definition) is 2. The molecule has 4 nitrogen and oxygen atoms in total. The highest BCUT2D eigenvalue weighted by atomic mass is 16.4. The largest absolute Gasteiger partial charge is 0.491 e. The van der Waals surface area contributed by atoms with Crippen LogP contribution in [0.3, 0.4) is 0 Å². The van der Waals surface area contributed by atoms with Crippen LogP contribution in [0.5, 0.6) is 0 Å². The van der Waals surface area contributed by atoms with E-state index in [1.54, 1.807) is 0 Å². The Bertz CT molecular complexity index is 285. The molecule has 2 N–H and O–H groups in total. The minimum Gasteiger partial charge on any atom is -0.423 e. The van der Waals surface area contributed by atoms with Gasteiger partial charge in [-0.2, -0.15) is 0 Å². The first-order valence-corrected chi connectivity index (χ1v) is 2.20. The normalized spacial score (nSPS) is 13.8. The third-order valence-corrected chi connectivity index (χ3v) is 0.711. The molecule has 0 fully saturated rings. The Kier molecular flexibility index (Phi) is 0.937. The van der Waals surface area contributed by atoms with Crippen molar-refractivity contribution >= 4 is 12.6 Å². The summed E-state index contributed by atoms with van der Waals surface area (Å²) in [6, 6.07) is 0. The molecule has 0 saturated heterocycles. The van der Waals surface area contributed by atoms with Crippen molar-refractivity contribution in [3.05, 3.63) is 18.6 Å². The van der Waals surface area contributed by atoms with Crippen molar-refractivity contribution in [2.45, 2.75) is 0 Å². The molecule has 1 rings (SSSR count). The van der Waals surface area contributed by atoms with Gasteiger partial charge in [-0.25, -0.2) is 9.97 Å². The predicted molar refractivity (Wildman–Crippen MR) is 31.9 cm³/mol. The lowest BCUT2D eigenvalue weighted by Gasteiger charge is -1.92. The third kappa shape index (κ3) is 1.48. The van der Waals surface area contributed by atoms with Crippen molar-refractivity contribution in [1.82, 2.24) is 9.97 Å². The SMILES string of the molecule is [2H]c1nc([2H])c(B(O)O)c([2H])n1. The highest BCUT2D eigenvalue weighted by Crippen LogP contribution is 1.72. The van der Waals surface area contributed by atoms with E-state index in [0.29, 0.717) is 0 Å². The highest BCUT2D eigenvalue weighted by molar-refractivity contribution is 6.58. The molecule has 0 amide bonds. The van der Waals surface area contributed by atoms with E-state index in [-0.39, 0.29) is 5.46 Å². The molecule has 0 spiro atoms. The lowest BCUT2D eigenvalue weighted by molar-refractivity contribution is 0.425. The maximum atomic E-state index is 8.65. The Morgan fingerprint density at radius 1 is 1.44 bits per heavy atom. The third-order valence-electron chi connectivity index (χ3n) is 0.711. The zero-order valence-electron chi connectivity index (χ0n) is 7.37. The minimum absolute atomic E-state index is 0.383. The van der Waals surface area contributed by atoms with Crippen molar-refractivity contribution in [2.75, 3.05) is 0 Å². The second-order valence-corrected chi connectivity index (χ2v) is 1.33. The van der Waals surface area contributed by atoms with Crippen molar-refractivity contribution in [1.29, 1.82) is 0 Å². The standard InChI is InChI=1S/C4H5BN2O2/c8-5(9)4-1-6-3-7-2-4/h1-3,8-9H/i1D,2D,3D. The van der Waals surface area contributed by atoms with E-state index in [9.17, 15) is 0 Å². The van der Waals surface area contributed by atoms with E-state index in [1.807, 2.05) is 0 Å². The zero-order valence-corrected chi connectivity index (χ0v) is 4.37. The molecule has 0 aliphatic carbocycles. The Balaban J connectivity index is 3.28. The number of nitrogens with zero attached hydrogens (tertiary/aromatic N) is 2. The second-order valence-electron chi connectivity index (χ2n) is 1.33. The number of rotatable bonds is 1. The maximum absolute atomic E-state index is 8.65. The van der Waals surface area contributed by atoms with Gasteiger partial charge in [-0.15, -0.1) is 0 Å². The van der Waals surface area contributed by atoms with Crippen molar-refractivity contribution in [3.8, 4) is 0 Å². The molecule has 0 saturated carbocycles. The van der Waals surface area contributed by atoms with Crippen LogP contribution in [0, 0.1) is 0 Å². The van der Waals surface area contributed by atoms with Crippen LogP contribution in [0.1, 0.15) is 4.11 Å². The van der Waals surface area contributed by atoms with Gasteiger partial charge in [0.2, 0.25) is 0 Å². The lowest BCUT2D eigenvalue weighted by atomic mass is 9.83. The Labute approximate surface area is 56.6 Å². The van der Waals surface area contributed by atoms with E-state index in [1.165, 1.54) is 0 Å². The van der Waals surface area contributed by atoms with Crippen LogP contribution in [0.25, 0.3) is 0 Å². The van der Waals surface area contributed by atoms with E-state index in [2.05, 4.69) is 9.97 Å². The Morgan fingerprint density at radius 3 is 2.44 bits per heavy atom. The summed E-state index contributed by atoms with van der Waals surface area (Å²) in [6.45, 7) is 0. The summed E-state index contributed by atoms with van der Waals surface area (Å²) < 4.78 is 21.0. The van der Waals surface area contributed by atoms with Gasteiger partial charge < -0.3 is 10.0 Å². The minimum atomic E-state index is -1.94. The first-order valence-electron chi connectivity index (χ1n) is 3.70. The van der Waals surface area contributed by atoms with E-state index in [4.69, 9.17) is 14.2 Å². The molecule has 9 heavy (non-hydrogen) atoms. The van der Waals surface area contributed by atoms with Crippen LogP contribution >= 0.6 is 0 Å². The van der Waals surface area contributed by atoms with Gasteiger partial charge in [0.25, 0.3) is 0 Å². The van der Waals surface area contributed by atoms with Crippen LogP contribution in [0.2, 0.25) is 0 Å². The lowest BCUT2D eigenvalue weighted by Crippen LogP contribution is -2.30. The summed E-state index contributed by atoms with van der Waals surface area (Å²) in [5.41, 5.74) is -0.383. The average Bonchev–Trinajstić information content (AvgIpc) is 1.82. The fourth-order valence-corrected chi connectivity index (χ4v) is 0.336. The van der Waals surface area contributed by atoms with Crippen LogP contribution in [-0.4, -0.2) is 27.1 Å². The molecule has 5 heteroatoms. The van der Waals surface area contributed by atoms with E-state index in [0.717, 1.165) is 0 Å². The van der Waals surface area contributed by atoms with Gasteiger partial charge in [0.15, 0.2) is 0 Å². The summed E-state index contributed by atoms with van der Waals surface area (Å²) in [6.07, 6.45) is -1.49. The molecule has 0 radical (unpaired) electrons. The van der Waals surface area contributed by atoms with Gasteiger partial charge in [-0.05, 0) is 0 Å². The summed E-state index contributed by atoms with van der Waals surface area (Å²) in [5, 5.41) is 17.3. The number of aromatic nitrogens is 2. The quantitative estimate of drug-likeness (QED) is 0.435. The van der Waals surface area contributed by atoms with Crippen molar-refractivity contribution in [2.24, 2.45) is 0 Å². The molecule has 1 aromatic rings. The highest BCUT2D eigenvalue weighted by Gasteiger charge is 2.09. The molecule has 0 bridgehead atoms. The van der Waals surface area contributed by atoms with Crippen LogP contribution in [0.4, 0.5) is 0 Å². The summed E-state index contributed by atoms with van der Waals surface area (Å²) in [7, 11) is -1.94. The van der Waals surface area contributed by atoms with Crippen molar-refractivity contribution in [3.63, 3.8) is 0 Å². The van der Waals surface area contributed by atoms with E-state index < -0.39 is 25.8 Å². The molecule has 0 aromatic carbocycles. The van der Waals surface area contributed by atoms with E-state index >= 15 is 0 Å². The fraction of sp³-hybridized carbons (Fsp3) is 0. The Hall–Kier alpha value is -0.935. The first kappa shape index (κ1) is 3.29. The van der Waals surface area contributed by atoms with Crippen LogP contribution in [0.15, 0.2) is 18.6 Å². The average molecular weight is 127 g/mol. The van der Waals surface area contributed by atoms with Gasteiger partial charge in [0.05, 0.1) is 2.74 Å². The van der Waals surface area contributed by atoms with Crippen LogP contribution in [-0.2, 0) is 0 Å². The summed E-state index contributed by atoms with van der Waals surface area (Å²) in [4.78, 5) is 6.48. The molecule has 0 aliphatic rings. The molecular weight excluding hydrogens is 119 g/mol. The second kappa shape index (κ2) is 2.57. The number of hydrogen-bond acceptors (Lipinski definition) is 4. The van der Waals surface area contributed by atoms with Gasteiger partial charge in [-0.3, -0.25) is 0 Å². The molecule has 0 atom stereocenters. The van der Waals surface area contributed by atoms with Crippen molar-refractivity contribution < 1.29 is 14.2 Å². The van der Waals surface area contributed by atoms with Crippen LogP contribution < -0.4 is 5.46 Å². The smallest absolute Gasteiger partial charge is 0.423 e. The van der Waals surface area contributed by atoms with Gasteiger partial charge in [0.1, 0.15) is 7.67 Å². The van der Waals surface area contributed by atoms with Gasteiger partial charge in [0, 0.05) is 17.8 Å². The molecule has 0 aliphatic heterocycles. The molecule has 1 heterocycles. The Morgan fingerprint density at radius 2 is 2.00 bits per heavy atom. The van der Waals surface area contributed by atoms with Gasteiger partial charge >= 0.3 is 7.12 Å². The predicted octanol–water partition coefficient (Wildman–Crippen LogP) is -1.84.